The second-order valence-electron chi connectivity index (χ2n) is 8.03. The number of pyridine rings is 2. The highest BCUT2D eigenvalue weighted by atomic mass is 19.1. The summed E-state index contributed by atoms with van der Waals surface area (Å²) >= 11 is 0. The van der Waals surface area contributed by atoms with Crippen molar-refractivity contribution < 1.29 is 14.0 Å². The predicted octanol–water partition coefficient (Wildman–Crippen LogP) is 1.91. The van der Waals surface area contributed by atoms with E-state index in [0.29, 0.717) is 31.9 Å². The smallest absolute Gasteiger partial charge is 0.309 e. The molecular formula is C25H27FN6O2. The molecule has 0 saturated carbocycles. The number of carbonyl (C=O) groups excluding carboxylic acids is 2. The molecule has 0 unspecified atom stereocenters. The largest absolute Gasteiger partial charge is 0.367 e. The minimum absolute atomic E-state index is 0.161. The molecule has 34 heavy (non-hydrogen) atoms. The molecule has 1 aliphatic rings. The molecule has 0 spiro atoms. The number of hydrogen-bond acceptors (Lipinski definition) is 6. The molecule has 3 aromatic rings. The van der Waals surface area contributed by atoms with Crippen LogP contribution in [0.1, 0.15) is 17.2 Å². The van der Waals surface area contributed by atoms with E-state index in [0.717, 1.165) is 11.1 Å². The summed E-state index contributed by atoms with van der Waals surface area (Å²) in [7, 11) is 0. The van der Waals surface area contributed by atoms with Crippen molar-refractivity contribution in [2.45, 2.75) is 12.6 Å². The molecule has 1 atom stereocenters. The van der Waals surface area contributed by atoms with Crippen molar-refractivity contribution in [2.75, 3.05) is 37.6 Å². The quantitative estimate of drug-likeness (QED) is 0.522. The Morgan fingerprint density at radius 2 is 1.59 bits per heavy atom. The number of carbonyl (C=O) groups is 2. The van der Waals surface area contributed by atoms with Gasteiger partial charge in [0.05, 0.1) is 11.7 Å². The van der Waals surface area contributed by atoms with Crippen LogP contribution in [0.25, 0.3) is 0 Å². The Morgan fingerprint density at radius 3 is 2.26 bits per heavy atom. The first-order valence-corrected chi connectivity index (χ1v) is 11.2. The summed E-state index contributed by atoms with van der Waals surface area (Å²) in [5.74, 6) is -1.62. The van der Waals surface area contributed by atoms with Crippen LogP contribution in [0.4, 0.5) is 10.1 Å². The van der Waals surface area contributed by atoms with Crippen LogP contribution >= 0.6 is 0 Å². The van der Waals surface area contributed by atoms with Crippen molar-refractivity contribution in [3.05, 3.63) is 90.3 Å². The van der Waals surface area contributed by atoms with Crippen LogP contribution in [0.5, 0.6) is 0 Å². The van der Waals surface area contributed by atoms with Crippen molar-refractivity contribution in [3.8, 4) is 0 Å². The number of para-hydroxylation sites is 1. The molecule has 1 aromatic carbocycles. The summed E-state index contributed by atoms with van der Waals surface area (Å²) in [5.41, 5.74) is 2.35. The highest BCUT2D eigenvalue weighted by Gasteiger charge is 2.27. The lowest BCUT2D eigenvalue weighted by molar-refractivity contribution is -0.139. The number of aromatic nitrogens is 2. The first-order chi connectivity index (χ1) is 16.6. The van der Waals surface area contributed by atoms with Crippen molar-refractivity contribution in [1.29, 1.82) is 0 Å². The van der Waals surface area contributed by atoms with Crippen LogP contribution in [0.15, 0.2) is 73.3 Å². The van der Waals surface area contributed by atoms with Crippen LogP contribution in [-0.2, 0) is 16.1 Å². The van der Waals surface area contributed by atoms with Crippen LogP contribution in [0, 0.1) is 5.82 Å². The molecule has 0 bridgehead atoms. The highest BCUT2D eigenvalue weighted by Crippen LogP contribution is 2.25. The van der Waals surface area contributed by atoms with Gasteiger partial charge in [0, 0.05) is 64.1 Å². The number of rotatable bonds is 7. The van der Waals surface area contributed by atoms with Gasteiger partial charge in [0.25, 0.3) is 0 Å². The van der Waals surface area contributed by atoms with E-state index in [4.69, 9.17) is 0 Å². The third-order valence-corrected chi connectivity index (χ3v) is 5.86. The summed E-state index contributed by atoms with van der Waals surface area (Å²) in [5, 5.41) is 5.37. The molecule has 8 nitrogen and oxygen atoms in total. The van der Waals surface area contributed by atoms with Gasteiger partial charge in [-0.05, 0) is 35.4 Å². The Labute approximate surface area is 197 Å². The SMILES string of the molecule is O=C(NCc1cccnc1)C(=O)NC[C@H](c1cccnc1)N1CCN(c2ccccc2F)CC1. The fraction of sp³-hybridized carbons (Fsp3) is 0.280. The first kappa shape index (κ1) is 23.3. The maximum atomic E-state index is 14.2. The molecule has 4 rings (SSSR count). The van der Waals surface area contributed by atoms with Gasteiger partial charge < -0.3 is 15.5 Å². The lowest BCUT2D eigenvalue weighted by Gasteiger charge is -2.40. The van der Waals surface area contributed by atoms with Gasteiger partial charge in [0.1, 0.15) is 5.82 Å². The summed E-state index contributed by atoms with van der Waals surface area (Å²) in [6.45, 7) is 3.14. The summed E-state index contributed by atoms with van der Waals surface area (Å²) in [6.07, 6.45) is 6.74. The van der Waals surface area contributed by atoms with Crippen LogP contribution in [-0.4, -0.2) is 59.4 Å². The number of hydrogen-bond donors (Lipinski definition) is 2. The Kier molecular flexibility index (Phi) is 7.77. The zero-order valence-corrected chi connectivity index (χ0v) is 18.7. The normalized spacial score (nSPS) is 14.9. The number of halogens is 1. The predicted molar refractivity (Wildman–Crippen MR) is 126 cm³/mol. The molecule has 2 aromatic heterocycles. The first-order valence-electron chi connectivity index (χ1n) is 11.2. The average Bonchev–Trinajstić information content (AvgIpc) is 2.89. The zero-order chi connectivity index (χ0) is 23.8. The Bertz CT molecular complexity index is 1090. The van der Waals surface area contributed by atoms with Crippen molar-refractivity contribution in [2.24, 2.45) is 0 Å². The monoisotopic (exact) mass is 462 g/mol. The van der Waals surface area contributed by atoms with Crippen molar-refractivity contribution >= 4 is 17.5 Å². The molecule has 0 aliphatic carbocycles. The Morgan fingerprint density at radius 1 is 0.882 bits per heavy atom. The maximum Gasteiger partial charge on any atom is 0.309 e. The number of amides is 2. The van der Waals surface area contributed by atoms with Crippen LogP contribution < -0.4 is 15.5 Å². The number of nitrogens with one attached hydrogen (secondary N) is 2. The summed E-state index contributed by atoms with van der Waals surface area (Å²) < 4.78 is 14.2. The van der Waals surface area contributed by atoms with E-state index >= 15 is 0 Å². The summed E-state index contributed by atoms with van der Waals surface area (Å²) in [6, 6.07) is 14.0. The lowest BCUT2D eigenvalue weighted by atomic mass is 10.1. The van der Waals surface area contributed by atoms with Gasteiger partial charge in [-0.3, -0.25) is 24.5 Å². The third-order valence-electron chi connectivity index (χ3n) is 5.86. The van der Waals surface area contributed by atoms with E-state index < -0.39 is 11.8 Å². The standard InChI is InChI=1S/C25H27FN6O2/c26-21-7-1-2-8-22(21)31-11-13-32(14-12-31)23(20-6-4-10-28-17-20)18-30-25(34)24(33)29-16-19-5-3-9-27-15-19/h1-10,15,17,23H,11-14,16,18H2,(H,29,33)(H,30,34)/t23-/m1/s1. The van der Waals surface area contributed by atoms with Gasteiger partial charge in [-0.2, -0.15) is 0 Å². The second-order valence-corrected chi connectivity index (χ2v) is 8.03. The topological polar surface area (TPSA) is 90.5 Å². The molecule has 1 saturated heterocycles. The van der Waals surface area contributed by atoms with E-state index in [-0.39, 0.29) is 24.9 Å². The minimum atomic E-state index is -0.696. The molecule has 0 radical (unpaired) electrons. The molecule has 1 fully saturated rings. The van der Waals surface area contributed by atoms with Gasteiger partial charge in [-0.15, -0.1) is 0 Å². The van der Waals surface area contributed by atoms with E-state index in [2.05, 4.69) is 25.5 Å². The van der Waals surface area contributed by atoms with Gasteiger partial charge in [-0.1, -0.05) is 24.3 Å². The Balaban J connectivity index is 1.36. The Hall–Kier alpha value is -3.85. The molecule has 3 heterocycles. The van der Waals surface area contributed by atoms with Gasteiger partial charge >= 0.3 is 11.8 Å². The second kappa shape index (κ2) is 11.3. The number of piperazine rings is 1. The average molecular weight is 463 g/mol. The third kappa shape index (κ3) is 5.93. The van der Waals surface area contributed by atoms with E-state index in [1.807, 2.05) is 29.2 Å². The van der Waals surface area contributed by atoms with E-state index in [9.17, 15) is 14.0 Å². The molecule has 1 aliphatic heterocycles. The fourth-order valence-corrected chi connectivity index (χ4v) is 4.05. The maximum absolute atomic E-state index is 14.2. The van der Waals surface area contributed by atoms with Crippen LogP contribution in [0.2, 0.25) is 0 Å². The summed E-state index contributed by atoms with van der Waals surface area (Å²) in [4.78, 5) is 37.2. The number of nitrogens with zero attached hydrogens (tertiary/aromatic N) is 4. The molecule has 2 N–H and O–H groups in total. The van der Waals surface area contributed by atoms with E-state index in [1.165, 1.54) is 6.07 Å². The highest BCUT2D eigenvalue weighted by molar-refractivity contribution is 6.35. The van der Waals surface area contributed by atoms with Crippen molar-refractivity contribution in [1.82, 2.24) is 25.5 Å². The van der Waals surface area contributed by atoms with E-state index in [1.54, 1.807) is 43.0 Å². The lowest BCUT2D eigenvalue weighted by Crippen LogP contribution is -2.51. The van der Waals surface area contributed by atoms with Gasteiger partial charge in [0.15, 0.2) is 0 Å². The minimum Gasteiger partial charge on any atom is -0.367 e. The fourth-order valence-electron chi connectivity index (χ4n) is 4.05. The zero-order valence-electron chi connectivity index (χ0n) is 18.7. The number of anilines is 1. The molecule has 176 valence electrons. The van der Waals surface area contributed by atoms with Gasteiger partial charge in [-0.25, -0.2) is 4.39 Å². The molecule has 2 amide bonds. The number of benzene rings is 1. The van der Waals surface area contributed by atoms with Gasteiger partial charge in [0.2, 0.25) is 0 Å². The van der Waals surface area contributed by atoms with Crippen molar-refractivity contribution in [3.63, 3.8) is 0 Å². The van der Waals surface area contributed by atoms with Crippen LogP contribution in [0.3, 0.4) is 0 Å². The molecule has 9 heteroatoms. The molecular weight excluding hydrogens is 435 g/mol.